The molecular formula is C16H18BrN3O3. The van der Waals surface area contributed by atoms with Gasteiger partial charge in [0, 0.05) is 13.6 Å². The summed E-state index contributed by atoms with van der Waals surface area (Å²) in [4.78, 5) is 26.1. The Hall–Kier alpha value is -2.12. The fourth-order valence-corrected chi connectivity index (χ4v) is 2.37. The summed E-state index contributed by atoms with van der Waals surface area (Å²) in [5.41, 5.74) is 6.35. The minimum atomic E-state index is -0.335. The maximum Gasteiger partial charge on any atom is 0.293 e. The van der Waals surface area contributed by atoms with Crippen LogP contribution in [0.4, 0.5) is 5.69 Å². The van der Waals surface area contributed by atoms with E-state index >= 15 is 0 Å². The Labute approximate surface area is 142 Å². The zero-order valence-electron chi connectivity index (χ0n) is 12.7. The van der Waals surface area contributed by atoms with Gasteiger partial charge in [0.1, 0.15) is 0 Å². The largest absolute Gasteiger partial charge is 0.444 e. The van der Waals surface area contributed by atoms with Gasteiger partial charge in [0.15, 0.2) is 10.4 Å². The van der Waals surface area contributed by atoms with Gasteiger partial charge < -0.3 is 20.4 Å². The summed E-state index contributed by atoms with van der Waals surface area (Å²) in [5.74, 6) is -0.384. The van der Waals surface area contributed by atoms with Crippen molar-refractivity contribution in [2.75, 3.05) is 25.0 Å². The molecule has 0 bridgehead atoms. The molecule has 1 aromatic heterocycles. The lowest BCUT2D eigenvalue weighted by Crippen LogP contribution is -2.31. The molecule has 0 fully saturated rings. The molecule has 3 N–H and O–H groups in total. The summed E-state index contributed by atoms with van der Waals surface area (Å²) < 4.78 is 5.75. The number of carbonyl (C=O) groups is 2. The minimum absolute atomic E-state index is 0.192. The number of rotatable bonds is 6. The van der Waals surface area contributed by atoms with E-state index in [9.17, 15) is 9.59 Å². The molecule has 0 aliphatic rings. The lowest BCUT2D eigenvalue weighted by molar-refractivity contribution is 0.0953. The third-order valence-corrected chi connectivity index (χ3v) is 3.69. The van der Waals surface area contributed by atoms with E-state index in [1.807, 2.05) is 0 Å². The molecule has 1 aromatic carbocycles. The number of hydrogen-bond donors (Lipinski definition) is 2. The number of amides is 2. The van der Waals surface area contributed by atoms with Crippen molar-refractivity contribution >= 4 is 33.4 Å². The number of halogens is 1. The number of carbonyl (C=O) groups excluding carboxylic acids is 2. The highest BCUT2D eigenvalue weighted by Crippen LogP contribution is 2.23. The van der Waals surface area contributed by atoms with Crippen molar-refractivity contribution in [2.24, 2.45) is 5.73 Å². The van der Waals surface area contributed by atoms with Crippen LogP contribution in [-0.4, -0.2) is 32.0 Å². The summed E-state index contributed by atoms with van der Waals surface area (Å²) in [6.45, 7) is 1.00. The molecule has 7 heteroatoms. The normalized spacial score (nSPS) is 10.4. The number of nitrogens with two attached hydrogens (primary N) is 1. The second-order valence-electron chi connectivity index (χ2n) is 4.88. The maximum absolute atomic E-state index is 12.5. The Kier molecular flexibility index (Phi) is 5.95. The van der Waals surface area contributed by atoms with Gasteiger partial charge in [-0.25, -0.2) is 0 Å². The first-order chi connectivity index (χ1) is 11.0. The van der Waals surface area contributed by atoms with E-state index in [2.05, 4.69) is 21.2 Å². The predicted octanol–water partition coefficient (Wildman–Crippen LogP) is 2.40. The molecule has 0 aliphatic heterocycles. The first-order valence-electron chi connectivity index (χ1n) is 7.15. The van der Waals surface area contributed by atoms with E-state index < -0.39 is 0 Å². The van der Waals surface area contributed by atoms with Gasteiger partial charge >= 0.3 is 0 Å². The summed E-state index contributed by atoms with van der Waals surface area (Å²) in [5, 5.41) is 2.79. The van der Waals surface area contributed by atoms with Gasteiger partial charge in [0.05, 0.1) is 11.3 Å². The van der Waals surface area contributed by atoms with E-state index in [0.717, 1.165) is 0 Å². The van der Waals surface area contributed by atoms with E-state index in [1.165, 1.54) is 4.90 Å². The number of anilines is 1. The van der Waals surface area contributed by atoms with Gasteiger partial charge in [-0.15, -0.1) is 0 Å². The first kappa shape index (κ1) is 17.2. The average Bonchev–Trinajstić information content (AvgIpc) is 3.00. The van der Waals surface area contributed by atoms with Crippen molar-refractivity contribution in [1.29, 1.82) is 0 Å². The van der Waals surface area contributed by atoms with Crippen molar-refractivity contribution < 1.29 is 14.0 Å². The van der Waals surface area contributed by atoms with Crippen LogP contribution in [0.5, 0.6) is 0 Å². The monoisotopic (exact) mass is 379 g/mol. The van der Waals surface area contributed by atoms with Crippen LogP contribution in [0.2, 0.25) is 0 Å². The third kappa shape index (κ3) is 4.20. The number of nitrogens with one attached hydrogen (secondary N) is 1. The SMILES string of the molecule is CN(C(=O)c1ccc(Br)o1)c1ccccc1C(=O)NCCCN. The molecular weight excluding hydrogens is 362 g/mol. The fourth-order valence-electron chi connectivity index (χ4n) is 2.06. The van der Waals surface area contributed by atoms with Crippen molar-refractivity contribution in [1.82, 2.24) is 5.32 Å². The Balaban J connectivity index is 2.21. The molecule has 0 saturated heterocycles. The molecule has 2 aromatic rings. The van der Waals surface area contributed by atoms with Crippen LogP contribution in [0.3, 0.4) is 0 Å². The van der Waals surface area contributed by atoms with Crippen LogP contribution in [0.25, 0.3) is 0 Å². The maximum atomic E-state index is 12.5. The fraction of sp³-hybridized carbons (Fsp3) is 0.250. The van der Waals surface area contributed by atoms with Gasteiger partial charge in [-0.05, 0) is 53.2 Å². The minimum Gasteiger partial charge on any atom is -0.444 e. The molecule has 0 aliphatic carbocycles. The van der Waals surface area contributed by atoms with E-state index in [1.54, 1.807) is 43.4 Å². The number of furan rings is 1. The first-order valence-corrected chi connectivity index (χ1v) is 7.94. The predicted molar refractivity (Wildman–Crippen MR) is 91.6 cm³/mol. The molecule has 0 saturated carbocycles. The molecule has 23 heavy (non-hydrogen) atoms. The van der Waals surface area contributed by atoms with E-state index in [-0.39, 0.29) is 17.6 Å². The van der Waals surface area contributed by atoms with Crippen LogP contribution in [0, 0.1) is 0 Å². The second-order valence-corrected chi connectivity index (χ2v) is 5.66. The lowest BCUT2D eigenvalue weighted by Gasteiger charge is -2.19. The molecule has 0 unspecified atom stereocenters. The summed E-state index contributed by atoms with van der Waals surface area (Å²) in [6, 6.07) is 10.1. The Morgan fingerprint density at radius 1 is 1.26 bits per heavy atom. The molecule has 6 nitrogen and oxygen atoms in total. The second kappa shape index (κ2) is 7.94. The van der Waals surface area contributed by atoms with Gasteiger partial charge in [0.2, 0.25) is 0 Å². The topological polar surface area (TPSA) is 88.6 Å². The van der Waals surface area contributed by atoms with Crippen LogP contribution >= 0.6 is 15.9 Å². The highest BCUT2D eigenvalue weighted by molar-refractivity contribution is 9.10. The lowest BCUT2D eigenvalue weighted by atomic mass is 10.1. The molecule has 2 amide bonds. The van der Waals surface area contributed by atoms with Crippen LogP contribution in [0.1, 0.15) is 27.3 Å². The number of nitrogens with zero attached hydrogens (tertiary/aromatic N) is 1. The van der Waals surface area contributed by atoms with Gasteiger partial charge in [-0.3, -0.25) is 9.59 Å². The molecule has 0 spiro atoms. The quantitative estimate of drug-likeness (QED) is 0.754. The van der Waals surface area contributed by atoms with Crippen molar-refractivity contribution in [3.05, 3.63) is 52.4 Å². The van der Waals surface area contributed by atoms with Crippen LogP contribution in [-0.2, 0) is 0 Å². The zero-order valence-corrected chi connectivity index (χ0v) is 14.3. The van der Waals surface area contributed by atoms with Gasteiger partial charge in [0.25, 0.3) is 11.8 Å². The zero-order chi connectivity index (χ0) is 16.8. The van der Waals surface area contributed by atoms with Gasteiger partial charge in [-0.2, -0.15) is 0 Å². The number of hydrogen-bond acceptors (Lipinski definition) is 4. The highest BCUT2D eigenvalue weighted by Gasteiger charge is 2.21. The van der Waals surface area contributed by atoms with Gasteiger partial charge in [-0.1, -0.05) is 12.1 Å². The van der Waals surface area contributed by atoms with Crippen molar-refractivity contribution in [3.8, 4) is 0 Å². The molecule has 2 rings (SSSR count). The Morgan fingerprint density at radius 2 is 2.00 bits per heavy atom. The smallest absolute Gasteiger partial charge is 0.293 e. The summed E-state index contributed by atoms with van der Waals surface area (Å²) in [6.07, 6.45) is 0.698. The molecule has 1 heterocycles. The summed E-state index contributed by atoms with van der Waals surface area (Å²) >= 11 is 3.17. The van der Waals surface area contributed by atoms with Crippen molar-refractivity contribution in [2.45, 2.75) is 6.42 Å². The Bertz CT molecular complexity index is 699. The van der Waals surface area contributed by atoms with E-state index in [0.29, 0.717) is 35.4 Å². The Morgan fingerprint density at radius 3 is 2.65 bits per heavy atom. The van der Waals surface area contributed by atoms with Crippen LogP contribution < -0.4 is 16.0 Å². The number of para-hydroxylation sites is 1. The number of benzene rings is 1. The van der Waals surface area contributed by atoms with Crippen molar-refractivity contribution in [3.63, 3.8) is 0 Å². The summed E-state index contributed by atoms with van der Waals surface area (Å²) in [7, 11) is 1.60. The molecule has 0 radical (unpaired) electrons. The van der Waals surface area contributed by atoms with E-state index in [4.69, 9.17) is 10.2 Å². The molecule has 0 atom stereocenters. The standard InChI is InChI=1S/C16H18BrN3O3/c1-20(16(22)13-7-8-14(17)23-13)12-6-3-2-5-11(12)15(21)19-10-4-9-18/h2-3,5-8H,4,9-10,18H2,1H3,(H,19,21). The van der Waals surface area contributed by atoms with Crippen LogP contribution in [0.15, 0.2) is 45.5 Å². The third-order valence-electron chi connectivity index (χ3n) is 3.27. The highest BCUT2D eigenvalue weighted by atomic mass is 79.9. The molecule has 122 valence electrons. The average molecular weight is 380 g/mol.